The summed E-state index contributed by atoms with van der Waals surface area (Å²) in [4.78, 5) is 11.7. The number of carboxylic acid groups (broad SMARTS) is 1. The number of hydrogen-bond donors (Lipinski definition) is 2. The molecule has 0 aromatic heterocycles. The molecular formula is C17H15FO5S. The summed E-state index contributed by atoms with van der Waals surface area (Å²) in [7, 11) is -4.00. The molecule has 0 saturated heterocycles. The first-order chi connectivity index (χ1) is 11.4. The fourth-order valence-electron chi connectivity index (χ4n) is 3.30. The lowest BCUT2D eigenvalue weighted by Crippen LogP contribution is -2.27. The van der Waals surface area contributed by atoms with Gasteiger partial charge in [0.05, 0.1) is 16.8 Å². The Morgan fingerprint density at radius 2 is 1.79 bits per heavy atom. The smallest absolute Gasteiger partial charge is 0.314 e. The minimum atomic E-state index is -4.00. The number of halogens is 1. The summed E-state index contributed by atoms with van der Waals surface area (Å²) in [6, 6.07) is 12.6. The van der Waals surface area contributed by atoms with Crippen molar-refractivity contribution < 1.29 is 27.8 Å². The van der Waals surface area contributed by atoms with E-state index in [4.69, 9.17) is 0 Å². The summed E-state index contributed by atoms with van der Waals surface area (Å²) < 4.78 is 39.2. The van der Waals surface area contributed by atoms with Gasteiger partial charge in [-0.3, -0.25) is 4.79 Å². The van der Waals surface area contributed by atoms with Crippen molar-refractivity contribution in [3.8, 4) is 0 Å². The third kappa shape index (κ3) is 2.32. The van der Waals surface area contributed by atoms with Crippen LogP contribution in [0.3, 0.4) is 0 Å². The van der Waals surface area contributed by atoms with Crippen molar-refractivity contribution in [2.45, 2.75) is 16.1 Å². The van der Waals surface area contributed by atoms with E-state index in [1.54, 1.807) is 6.07 Å². The predicted molar refractivity (Wildman–Crippen MR) is 83.7 cm³/mol. The molecule has 5 nitrogen and oxygen atoms in total. The fraction of sp³-hybridized carbons (Fsp3) is 0.235. The number of carboxylic acids is 1. The number of aliphatic hydroxyl groups is 1. The second-order valence-electron chi connectivity index (χ2n) is 5.81. The Bertz CT molecular complexity index is 881. The maximum absolute atomic E-state index is 13.5. The van der Waals surface area contributed by atoms with Gasteiger partial charge in [0.1, 0.15) is 11.2 Å². The molecule has 1 saturated carbocycles. The molecule has 0 radical (unpaired) electrons. The van der Waals surface area contributed by atoms with Crippen LogP contribution in [-0.2, 0) is 14.6 Å². The van der Waals surface area contributed by atoms with Crippen LogP contribution >= 0.6 is 0 Å². The lowest BCUT2D eigenvalue weighted by atomic mass is 10.00. The molecule has 3 rings (SSSR count). The number of rotatable bonds is 5. The second kappa shape index (κ2) is 5.68. The average molecular weight is 350 g/mol. The van der Waals surface area contributed by atoms with Crippen molar-refractivity contribution >= 4 is 15.8 Å². The third-order valence-corrected chi connectivity index (χ3v) is 6.82. The summed E-state index contributed by atoms with van der Waals surface area (Å²) in [5, 5.41) is 17.9. The molecule has 0 aliphatic heterocycles. The molecule has 1 fully saturated rings. The second-order valence-corrected chi connectivity index (χ2v) is 7.88. The highest BCUT2D eigenvalue weighted by Gasteiger charge is 2.75. The molecule has 1 aliphatic carbocycles. The minimum absolute atomic E-state index is 0.0204. The Morgan fingerprint density at radius 3 is 2.33 bits per heavy atom. The summed E-state index contributed by atoms with van der Waals surface area (Å²) in [6.07, 6.45) is 0. The topological polar surface area (TPSA) is 91.7 Å². The molecule has 2 N–H and O–H groups in total. The quantitative estimate of drug-likeness (QED) is 0.858. The van der Waals surface area contributed by atoms with Gasteiger partial charge < -0.3 is 10.2 Å². The zero-order valence-corrected chi connectivity index (χ0v) is 13.3. The highest BCUT2D eigenvalue weighted by molar-refractivity contribution is 7.92. The molecule has 0 spiro atoms. The number of aliphatic hydroxyl groups excluding tert-OH is 1. The first kappa shape index (κ1) is 16.6. The molecule has 0 bridgehead atoms. The molecular weight excluding hydrogens is 335 g/mol. The van der Waals surface area contributed by atoms with Crippen LogP contribution in [0.1, 0.15) is 11.5 Å². The highest BCUT2D eigenvalue weighted by atomic mass is 32.2. The van der Waals surface area contributed by atoms with Crippen LogP contribution in [0.25, 0.3) is 0 Å². The largest absolute Gasteiger partial charge is 0.481 e. The van der Waals surface area contributed by atoms with Crippen LogP contribution in [0.4, 0.5) is 4.39 Å². The molecule has 7 heteroatoms. The zero-order valence-electron chi connectivity index (χ0n) is 12.5. The van der Waals surface area contributed by atoms with Gasteiger partial charge in [0.25, 0.3) is 0 Å². The number of hydrogen-bond acceptors (Lipinski definition) is 4. The van der Waals surface area contributed by atoms with Gasteiger partial charge in [0.15, 0.2) is 9.84 Å². The zero-order chi connectivity index (χ0) is 17.5. The number of sulfone groups is 1. The summed E-state index contributed by atoms with van der Waals surface area (Å²) in [6.45, 7) is -0.847. The Labute approximate surface area is 138 Å². The van der Waals surface area contributed by atoms with Crippen molar-refractivity contribution in [1.29, 1.82) is 0 Å². The van der Waals surface area contributed by atoms with Crippen molar-refractivity contribution in [3.05, 3.63) is 66.0 Å². The van der Waals surface area contributed by atoms with Gasteiger partial charge in [0.2, 0.25) is 0 Å². The Hall–Kier alpha value is -2.25. The summed E-state index contributed by atoms with van der Waals surface area (Å²) in [5.41, 5.74) is -1.63. The van der Waals surface area contributed by atoms with Gasteiger partial charge in [0, 0.05) is 5.92 Å². The first-order valence-electron chi connectivity index (χ1n) is 7.24. The maximum Gasteiger partial charge on any atom is 0.314 e. The third-order valence-electron chi connectivity index (χ3n) is 4.53. The normalized spacial score (nSPS) is 26.1. The van der Waals surface area contributed by atoms with E-state index in [-0.39, 0.29) is 10.5 Å². The van der Waals surface area contributed by atoms with Gasteiger partial charge in [-0.05, 0) is 29.8 Å². The molecule has 0 amide bonds. The summed E-state index contributed by atoms with van der Waals surface area (Å²) >= 11 is 0. The van der Waals surface area contributed by atoms with Crippen LogP contribution in [0.15, 0.2) is 59.5 Å². The van der Waals surface area contributed by atoms with Gasteiger partial charge in [-0.25, -0.2) is 12.8 Å². The molecule has 2 aromatic carbocycles. The van der Waals surface area contributed by atoms with Crippen molar-refractivity contribution in [1.82, 2.24) is 0 Å². The Morgan fingerprint density at radius 1 is 1.12 bits per heavy atom. The minimum Gasteiger partial charge on any atom is -0.481 e. The average Bonchev–Trinajstić information content (AvgIpc) is 3.27. The molecule has 0 heterocycles. The van der Waals surface area contributed by atoms with E-state index < -0.39 is 44.8 Å². The monoisotopic (exact) mass is 350 g/mol. The van der Waals surface area contributed by atoms with Gasteiger partial charge in [-0.15, -0.1) is 0 Å². The summed E-state index contributed by atoms with van der Waals surface area (Å²) in [5.74, 6) is -3.02. The van der Waals surface area contributed by atoms with Gasteiger partial charge in [-0.1, -0.05) is 30.3 Å². The first-order valence-corrected chi connectivity index (χ1v) is 8.79. The van der Waals surface area contributed by atoms with Gasteiger partial charge >= 0.3 is 5.97 Å². The van der Waals surface area contributed by atoms with Crippen LogP contribution < -0.4 is 0 Å². The Balaban J connectivity index is 2.13. The van der Waals surface area contributed by atoms with Crippen LogP contribution in [-0.4, -0.2) is 36.5 Å². The van der Waals surface area contributed by atoms with Crippen LogP contribution in [0.5, 0.6) is 0 Å². The number of aliphatic carboxylic acids is 1. The maximum atomic E-state index is 13.5. The van der Waals surface area contributed by atoms with E-state index in [2.05, 4.69) is 0 Å². The van der Waals surface area contributed by atoms with Crippen LogP contribution in [0, 0.1) is 11.2 Å². The lowest BCUT2D eigenvalue weighted by Gasteiger charge is -2.09. The van der Waals surface area contributed by atoms with E-state index >= 15 is 0 Å². The SMILES string of the molecule is O=C(O)C1(CO)C(c2cccc(F)c2)C1S(=O)(=O)c1ccccc1. The molecule has 3 atom stereocenters. The van der Waals surface area contributed by atoms with E-state index in [0.29, 0.717) is 0 Å². The molecule has 126 valence electrons. The highest BCUT2D eigenvalue weighted by Crippen LogP contribution is 2.64. The number of carbonyl (C=O) groups is 1. The van der Waals surface area contributed by atoms with E-state index in [9.17, 15) is 27.8 Å². The van der Waals surface area contributed by atoms with E-state index in [1.807, 2.05) is 0 Å². The number of benzene rings is 2. The molecule has 1 aliphatic rings. The molecule has 24 heavy (non-hydrogen) atoms. The molecule has 2 aromatic rings. The molecule has 3 unspecified atom stereocenters. The van der Waals surface area contributed by atoms with Crippen molar-refractivity contribution in [3.63, 3.8) is 0 Å². The van der Waals surface area contributed by atoms with Crippen molar-refractivity contribution in [2.75, 3.05) is 6.61 Å². The van der Waals surface area contributed by atoms with E-state index in [1.165, 1.54) is 42.5 Å². The lowest BCUT2D eigenvalue weighted by molar-refractivity contribution is -0.145. The van der Waals surface area contributed by atoms with Gasteiger partial charge in [-0.2, -0.15) is 0 Å². The predicted octanol–water partition coefficient (Wildman–Crippen LogP) is 1.83. The standard InChI is InChI=1S/C17H15FO5S/c18-12-6-4-5-11(9-12)14-15(17(14,10-19)16(20)21)24(22,23)13-7-2-1-3-8-13/h1-9,14-15,19H,10H2,(H,20,21). The fourth-order valence-corrected chi connectivity index (χ4v) is 5.69. The van der Waals surface area contributed by atoms with E-state index in [0.717, 1.165) is 6.07 Å². The Kier molecular flexibility index (Phi) is 3.93. The van der Waals surface area contributed by atoms with Crippen LogP contribution in [0.2, 0.25) is 0 Å². The van der Waals surface area contributed by atoms with Crippen molar-refractivity contribution in [2.24, 2.45) is 5.41 Å².